The lowest BCUT2D eigenvalue weighted by atomic mass is 10.1. The van der Waals surface area contributed by atoms with Crippen LogP contribution in [0.4, 0.5) is 18.9 Å². The van der Waals surface area contributed by atoms with Gasteiger partial charge in [-0.3, -0.25) is 4.79 Å². The Morgan fingerprint density at radius 2 is 1.79 bits per heavy atom. The molecule has 0 heterocycles. The second-order valence-electron chi connectivity index (χ2n) is 4.79. The molecular formula is C17H16F3NO3. The summed E-state index contributed by atoms with van der Waals surface area (Å²) in [5.74, 6) is 0.0689. The molecule has 128 valence electrons. The van der Waals surface area contributed by atoms with Gasteiger partial charge in [-0.05, 0) is 37.3 Å². The van der Waals surface area contributed by atoms with Crippen molar-refractivity contribution in [3.8, 4) is 11.5 Å². The van der Waals surface area contributed by atoms with Gasteiger partial charge in [-0.1, -0.05) is 18.2 Å². The number of rotatable bonds is 6. The topological polar surface area (TPSA) is 47.6 Å². The van der Waals surface area contributed by atoms with Crippen LogP contribution in [0.25, 0.3) is 0 Å². The maximum absolute atomic E-state index is 12.8. The monoisotopic (exact) mass is 339 g/mol. The molecule has 0 spiro atoms. The van der Waals surface area contributed by atoms with Crippen LogP contribution in [-0.4, -0.2) is 19.1 Å². The quantitative estimate of drug-likeness (QED) is 0.861. The summed E-state index contributed by atoms with van der Waals surface area (Å²) in [6.07, 6.45) is -4.51. The molecule has 1 amide bonds. The largest absolute Gasteiger partial charge is 0.492 e. The lowest BCUT2D eigenvalue weighted by Crippen LogP contribution is -2.21. The first kappa shape index (κ1) is 17.7. The first-order valence-corrected chi connectivity index (χ1v) is 7.22. The third-order valence-electron chi connectivity index (χ3n) is 2.99. The van der Waals surface area contributed by atoms with Gasteiger partial charge >= 0.3 is 6.18 Å². The van der Waals surface area contributed by atoms with E-state index >= 15 is 0 Å². The van der Waals surface area contributed by atoms with E-state index in [1.54, 1.807) is 37.3 Å². The number of nitrogens with one attached hydrogen (secondary N) is 1. The molecule has 0 bridgehead atoms. The first-order chi connectivity index (χ1) is 11.4. The van der Waals surface area contributed by atoms with Crippen LogP contribution >= 0.6 is 0 Å². The molecule has 0 saturated heterocycles. The highest BCUT2D eigenvalue weighted by atomic mass is 19.4. The normalized spacial score (nSPS) is 11.0. The molecule has 0 atom stereocenters. The van der Waals surface area contributed by atoms with Crippen molar-refractivity contribution in [3.63, 3.8) is 0 Å². The Hall–Kier alpha value is -2.70. The number of amides is 1. The van der Waals surface area contributed by atoms with E-state index in [9.17, 15) is 18.0 Å². The predicted octanol–water partition coefficient (Wildman–Crippen LogP) is 4.12. The van der Waals surface area contributed by atoms with E-state index in [-0.39, 0.29) is 24.7 Å². The molecule has 4 nitrogen and oxygen atoms in total. The molecule has 0 saturated carbocycles. The van der Waals surface area contributed by atoms with Crippen molar-refractivity contribution in [2.75, 3.05) is 18.5 Å². The molecular weight excluding hydrogens is 323 g/mol. The average Bonchev–Trinajstić information content (AvgIpc) is 2.55. The molecule has 7 heteroatoms. The van der Waals surface area contributed by atoms with Crippen molar-refractivity contribution in [1.82, 2.24) is 0 Å². The van der Waals surface area contributed by atoms with Crippen LogP contribution < -0.4 is 14.8 Å². The Morgan fingerprint density at radius 1 is 1.08 bits per heavy atom. The van der Waals surface area contributed by atoms with Crippen LogP contribution in [0.3, 0.4) is 0 Å². The number of benzene rings is 2. The second-order valence-corrected chi connectivity index (χ2v) is 4.79. The van der Waals surface area contributed by atoms with Crippen molar-refractivity contribution in [2.45, 2.75) is 13.1 Å². The summed E-state index contributed by atoms with van der Waals surface area (Å²) in [5.41, 5.74) is -0.918. The smallest absolute Gasteiger partial charge is 0.416 e. The molecule has 0 radical (unpaired) electrons. The van der Waals surface area contributed by atoms with E-state index in [0.717, 1.165) is 12.1 Å². The number of hydrogen-bond donors (Lipinski definition) is 1. The van der Waals surface area contributed by atoms with E-state index in [0.29, 0.717) is 5.75 Å². The fourth-order valence-electron chi connectivity index (χ4n) is 1.94. The van der Waals surface area contributed by atoms with Crippen LogP contribution in [0.1, 0.15) is 12.5 Å². The highest BCUT2D eigenvalue weighted by Gasteiger charge is 2.31. The molecule has 0 aliphatic carbocycles. The summed E-state index contributed by atoms with van der Waals surface area (Å²) >= 11 is 0. The molecule has 0 fully saturated rings. The highest BCUT2D eigenvalue weighted by molar-refractivity contribution is 5.93. The SMILES string of the molecule is CCOc1ccc(C(F)(F)F)cc1NC(=O)COc1ccccc1. The Balaban J connectivity index is 2.09. The van der Waals surface area contributed by atoms with Gasteiger partial charge in [0, 0.05) is 0 Å². The molecule has 1 N–H and O–H groups in total. The van der Waals surface area contributed by atoms with Crippen LogP contribution in [0, 0.1) is 0 Å². The fourth-order valence-corrected chi connectivity index (χ4v) is 1.94. The summed E-state index contributed by atoms with van der Waals surface area (Å²) < 4.78 is 48.9. The minimum Gasteiger partial charge on any atom is -0.492 e. The van der Waals surface area contributed by atoms with Gasteiger partial charge in [0.25, 0.3) is 5.91 Å². The molecule has 0 aliphatic rings. The van der Waals surface area contributed by atoms with E-state index in [1.165, 1.54) is 6.07 Å². The summed E-state index contributed by atoms with van der Waals surface area (Å²) in [6.45, 7) is 1.63. The van der Waals surface area contributed by atoms with Gasteiger partial charge in [-0.15, -0.1) is 0 Å². The average molecular weight is 339 g/mol. The number of anilines is 1. The number of carbonyl (C=O) groups excluding carboxylic acids is 1. The molecule has 0 aliphatic heterocycles. The van der Waals surface area contributed by atoms with Gasteiger partial charge in [0.05, 0.1) is 17.9 Å². The molecule has 0 aromatic heterocycles. The van der Waals surface area contributed by atoms with Crippen molar-refractivity contribution in [2.24, 2.45) is 0 Å². The zero-order valence-electron chi connectivity index (χ0n) is 12.9. The van der Waals surface area contributed by atoms with Crippen LogP contribution in [0.5, 0.6) is 11.5 Å². The Morgan fingerprint density at radius 3 is 2.42 bits per heavy atom. The number of hydrogen-bond acceptors (Lipinski definition) is 3. The molecule has 2 aromatic carbocycles. The number of carbonyl (C=O) groups is 1. The molecule has 2 aromatic rings. The van der Waals surface area contributed by atoms with Crippen LogP contribution in [0.15, 0.2) is 48.5 Å². The minimum absolute atomic E-state index is 0.0478. The molecule has 0 unspecified atom stereocenters. The minimum atomic E-state index is -4.51. The van der Waals surface area contributed by atoms with E-state index < -0.39 is 17.6 Å². The Kier molecular flexibility index (Phi) is 5.68. The second kappa shape index (κ2) is 7.72. The Bertz CT molecular complexity index is 687. The van der Waals surface area contributed by atoms with Gasteiger partial charge in [-0.2, -0.15) is 13.2 Å². The maximum Gasteiger partial charge on any atom is 0.416 e. The number of ether oxygens (including phenoxy) is 2. The van der Waals surface area contributed by atoms with Gasteiger partial charge in [0.1, 0.15) is 11.5 Å². The van der Waals surface area contributed by atoms with Gasteiger partial charge in [0.2, 0.25) is 0 Å². The molecule has 2 rings (SSSR count). The number of halogens is 3. The van der Waals surface area contributed by atoms with Crippen molar-refractivity contribution in [1.29, 1.82) is 0 Å². The van der Waals surface area contributed by atoms with Crippen LogP contribution in [0.2, 0.25) is 0 Å². The Labute approximate surface area is 137 Å². The predicted molar refractivity (Wildman–Crippen MR) is 83.2 cm³/mol. The highest BCUT2D eigenvalue weighted by Crippen LogP contribution is 2.35. The number of alkyl halides is 3. The van der Waals surface area contributed by atoms with E-state index in [4.69, 9.17) is 9.47 Å². The lowest BCUT2D eigenvalue weighted by Gasteiger charge is -2.15. The third kappa shape index (κ3) is 4.91. The van der Waals surface area contributed by atoms with E-state index in [2.05, 4.69) is 5.32 Å². The van der Waals surface area contributed by atoms with Crippen molar-refractivity contribution >= 4 is 11.6 Å². The summed E-state index contributed by atoms with van der Waals surface area (Å²) in [6, 6.07) is 11.5. The van der Waals surface area contributed by atoms with Crippen molar-refractivity contribution in [3.05, 3.63) is 54.1 Å². The zero-order valence-corrected chi connectivity index (χ0v) is 12.9. The van der Waals surface area contributed by atoms with Gasteiger partial charge < -0.3 is 14.8 Å². The van der Waals surface area contributed by atoms with Gasteiger partial charge in [-0.25, -0.2) is 0 Å². The standard InChI is InChI=1S/C17H16F3NO3/c1-2-23-15-9-8-12(17(18,19)20)10-14(15)21-16(22)11-24-13-6-4-3-5-7-13/h3-10H,2,11H2,1H3,(H,21,22). The van der Waals surface area contributed by atoms with Crippen LogP contribution in [-0.2, 0) is 11.0 Å². The summed E-state index contributed by atoms with van der Waals surface area (Å²) in [5, 5.41) is 2.39. The van der Waals surface area contributed by atoms with Crippen molar-refractivity contribution < 1.29 is 27.4 Å². The molecule has 24 heavy (non-hydrogen) atoms. The van der Waals surface area contributed by atoms with Gasteiger partial charge in [0.15, 0.2) is 6.61 Å². The lowest BCUT2D eigenvalue weighted by molar-refractivity contribution is -0.137. The summed E-state index contributed by atoms with van der Waals surface area (Å²) in [7, 11) is 0. The zero-order chi connectivity index (χ0) is 17.6. The fraction of sp³-hybridized carbons (Fsp3) is 0.235. The maximum atomic E-state index is 12.8. The summed E-state index contributed by atoms with van der Waals surface area (Å²) in [4.78, 5) is 11.9. The first-order valence-electron chi connectivity index (χ1n) is 7.22. The van der Waals surface area contributed by atoms with E-state index in [1.807, 2.05) is 0 Å². The third-order valence-corrected chi connectivity index (χ3v) is 2.99. The number of para-hydroxylation sites is 1.